The molecule has 0 atom stereocenters. The molecule has 0 amide bonds. The molecule has 136 valence electrons. The third-order valence-electron chi connectivity index (χ3n) is 5.06. The van der Waals surface area contributed by atoms with E-state index in [1.807, 2.05) is 36.4 Å². The Balaban J connectivity index is 1.53. The van der Waals surface area contributed by atoms with Gasteiger partial charge in [0.25, 0.3) is 0 Å². The van der Waals surface area contributed by atoms with Crippen LogP contribution in [0.1, 0.15) is 22.3 Å². The molecule has 0 aliphatic carbocycles. The van der Waals surface area contributed by atoms with Crippen LogP contribution in [0.4, 0.5) is 5.69 Å². The van der Waals surface area contributed by atoms with Gasteiger partial charge in [-0.05, 0) is 55.8 Å². The molecule has 2 aromatic rings. The zero-order chi connectivity index (χ0) is 17.9. The second-order valence-electron chi connectivity index (χ2n) is 6.92. The van der Waals surface area contributed by atoms with Crippen molar-refractivity contribution in [3.05, 3.63) is 53.6 Å². The van der Waals surface area contributed by atoms with Gasteiger partial charge in [-0.2, -0.15) is 0 Å². The maximum Gasteiger partial charge on any atom is 0.345 e. The van der Waals surface area contributed by atoms with Crippen LogP contribution < -0.4 is 14.4 Å². The molecule has 0 N–H and O–H groups in total. The topological polar surface area (TPSA) is 42.0 Å². The van der Waals surface area contributed by atoms with Gasteiger partial charge in [-0.15, -0.1) is 0 Å². The highest BCUT2D eigenvalue weighted by atomic mass is 16.5. The normalized spacial score (nSPS) is 17.3. The minimum absolute atomic E-state index is 0.309. The fraction of sp³-hybridized carbons (Fsp3) is 0.381. The second kappa shape index (κ2) is 7.38. The van der Waals surface area contributed by atoms with Gasteiger partial charge in [0.1, 0.15) is 11.5 Å². The van der Waals surface area contributed by atoms with Crippen molar-refractivity contribution in [3.8, 4) is 11.5 Å². The first-order valence-electron chi connectivity index (χ1n) is 9.21. The van der Waals surface area contributed by atoms with Gasteiger partial charge in [-0.3, -0.25) is 0 Å². The number of aryl methyl sites for hydroxylation is 1. The summed E-state index contributed by atoms with van der Waals surface area (Å²) in [6.07, 6.45) is 1.95. The SMILES string of the molecule is CN1CCN(c2ccccc2C(=O)Oc2ccc3c(c2)CCCO3)CC1. The molecule has 0 saturated carbocycles. The fourth-order valence-electron chi connectivity index (χ4n) is 3.53. The predicted molar refractivity (Wildman–Crippen MR) is 101 cm³/mol. The number of ether oxygens (including phenoxy) is 2. The third kappa shape index (κ3) is 3.53. The number of fused-ring (bicyclic) bond motifs is 1. The Morgan fingerprint density at radius 3 is 2.73 bits per heavy atom. The monoisotopic (exact) mass is 352 g/mol. The first-order valence-corrected chi connectivity index (χ1v) is 9.21. The third-order valence-corrected chi connectivity index (χ3v) is 5.06. The molecule has 1 saturated heterocycles. The quantitative estimate of drug-likeness (QED) is 0.627. The van der Waals surface area contributed by atoms with Crippen LogP contribution in [0.2, 0.25) is 0 Å². The van der Waals surface area contributed by atoms with E-state index in [4.69, 9.17) is 9.47 Å². The van der Waals surface area contributed by atoms with Crippen molar-refractivity contribution in [1.82, 2.24) is 4.90 Å². The highest BCUT2D eigenvalue weighted by molar-refractivity contribution is 5.97. The van der Waals surface area contributed by atoms with Gasteiger partial charge in [-0.25, -0.2) is 4.79 Å². The van der Waals surface area contributed by atoms with Crippen LogP contribution in [0.15, 0.2) is 42.5 Å². The van der Waals surface area contributed by atoms with Gasteiger partial charge in [0.2, 0.25) is 0 Å². The molecule has 2 aliphatic rings. The molecule has 1 fully saturated rings. The number of esters is 1. The molecule has 2 heterocycles. The number of para-hydroxylation sites is 1. The Bertz CT molecular complexity index is 798. The largest absolute Gasteiger partial charge is 0.493 e. The lowest BCUT2D eigenvalue weighted by Gasteiger charge is -2.34. The van der Waals surface area contributed by atoms with E-state index < -0.39 is 0 Å². The molecule has 0 unspecified atom stereocenters. The molecule has 2 aliphatic heterocycles. The summed E-state index contributed by atoms with van der Waals surface area (Å²) in [4.78, 5) is 17.4. The maximum absolute atomic E-state index is 12.8. The number of rotatable bonds is 3. The summed E-state index contributed by atoms with van der Waals surface area (Å²) in [5.41, 5.74) is 2.67. The Kier molecular flexibility index (Phi) is 4.80. The Morgan fingerprint density at radius 2 is 1.88 bits per heavy atom. The smallest absolute Gasteiger partial charge is 0.345 e. The lowest BCUT2D eigenvalue weighted by atomic mass is 10.1. The van der Waals surface area contributed by atoms with Crippen LogP contribution >= 0.6 is 0 Å². The Hall–Kier alpha value is -2.53. The van der Waals surface area contributed by atoms with Gasteiger partial charge >= 0.3 is 5.97 Å². The number of nitrogens with zero attached hydrogens (tertiary/aromatic N) is 2. The molecule has 4 rings (SSSR count). The van der Waals surface area contributed by atoms with Crippen molar-refractivity contribution in [2.45, 2.75) is 12.8 Å². The minimum Gasteiger partial charge on any atom is -0.493 e. The highest BCUT2D eigenvalue weighted by Crippen LogP contribution is 2.30. The number of carbonyl (C=O) groups excluding carboxylic acids is 1. The van der Waals surface area contributed by atoms with E-state index >= 15 is 0 Å². The lowest BCUT2D eigenvalue weighted by molar-refractivity contribution is 0.0735. The molecule has 26 heavy (non-hydrogen) atoms. The summed E-state index contributed by atoms with van der Waals surface area (Å²) in [7, 11) is 2.12. The van der Waals surface area contributed by atoms with E-state index in [0.29, 0.717) is 11.3 Å². The minimum atomic E-state index is -0.309. The highest BCUT2D eigenvalue weighted by Gasteiger charge is 2.21. The van der Waals surface area contributed by atoms with Crippen LogP contribution in [-0.2, 0) is 6.42 Å². The number of likely N-dealkylation sites (N-methyl/N-ethyl adjacent to an activating group) is 1. The number of hydrogen-bond acceptors (Lipinski definition) is 5. The maximum atomic E-state index is 12.8. The molecular formula is C21H24N2O3. The predicted octanol–water partition coefficient (Wildman–Crippen LogP) is 2.98. The second-order valence-corrected chi connectivity index (χ2v) is 6.92. The van der Waals surface area contributed by atoms with Crippen molar-refractivity contribution < 1.29 is 14.3 Å². The first-order chi connectivity index (χ1) is 12.7. The van der Waals surface area contributed by atoms with E-state index in [-0.39, 0.29) is 5.97 Å². The molecular weight excluding hydrogens is 328 g/mol. The van der Waals surface area contributed by atoms with E-state index in [0.717, 1.165) is 62.6 Å². The zero-order valence-corrected chi connectivity index (χ0v) is 15.1. The van der Waals surface area contributed by atoms with Gasteiger partial charge in [0.15, 0.2) is 0 Å². The standard InChI is InChI=1S/C21H24N2O3/c1-22-10-12-23(13-11-22)19-7-3-2-6-18(19)21(24)26-17-8-9-20-16(15-17)5-4-14-25-20/h2-3,6-9,15H,4-5,10-14H2,1H3. The van der Waals surface area contributed by atoms with Crippen molar-refractivity contribution in [1.29, 1.82) is 0 Å². The summed E-state index contributed by atoms with van der Waals surface area (Å²) < 4.78 is 11.3. The van der Waals surface area contributed by atoms with Gasteiger partial charge in [0, 0.05) is 26.2 Å². The zero-order valence-electron chi connectivity index (χ0n) is 15.1. The molecule has 0 spiro atoms. The first kappa shape index (κ1) is 16.9. The summed E-state index contributed by atoms with van der Waals surface area (Å²) in [5.74, 6) is 1.16. The number of anilines is 1. The van der Waals surface area contributed by atoms with Gasteiger partial charge in [0.05, 0.1) is 17.9 Å². The van der Waals surface area contributed by atoms with Crippen molar-refractivity contribution in [3.63, 3.8) is 0 Å². The summed E-state index contributed by atoms with van der Waals surface area (Å²) in [6, 6.07) is 13.3. The lowest BCUT2D eigenvalue weighted by Crippen LogP contribution is -2.45. The number of piperazine rings is 1. The van der Waals surface area contributed by atoms with E-state index in [9.17, 15) is 4.79 Å². The number of benzene rings is 2. The molecule has 5 heteroatoms. The molecule has 0 aromatic heterocycles. The van der Waals surface area contributed by atoms with Gasteiger partial charge < -0.3 is 19.3 Å². The van der Waals surface area contributed by atoms with E-state index in [2.05, 4.69) is 16.8 Å². The summed E-state index contributed by atoms with van der Waals surface area (Å²) in [6.45, 7) is 4.57. The van der Waals surface area contributed by atoms with Crippen LogP contribution in [-0.4, -0.2) is 50.7 Å². The van der Waals surface area contributed by atoms with Crippen LogP contribution in [0.25, 0.3) is 0 Å². The average Bonchev–Trinajstić information content (AvgIpc) is 2.68. The number of hydrogen-bond donors (Lipinski definition) is 0. The van der Waals surface area contributed by atoms with E-state index in [1.54, 1.807) is 6.07 Å². The van der Waals surface area contributed by atoms with E-state index in [1.165, 1.54) is 0 Å². The Labute approximate surface area is 154 Å². The number of carbonyl (C=O) groups is 1. The summed E-state index contributed by atoms with van der Waals surface area (Å²) in [5, 5.41) is 0. The van der Waals surface area contributed by atoms with Crippen LogP contribution in [0.3, 0.4) is 0 Å². The Morgan fingerprint density at radius 1 is 1.08 bits per heavy atom. The molecule has 0 radical (unpaired) electrons. The fourth-order valence-corrected chi connectivity index (χ4v) is 3.53. The molecule has 0 bridgehead atoms. The van der Waals surface area contributed by atoms with Crippen molar-refractivity contribution in [2.75, 3.05) is 44.7 Å². The summed E-state index contributed by atoms with van der Waals surface area (Å²) >= 11 is 0. The molecule has 2 aromatic carbocycles. The molecule has 5 nitrogen and oxygen atoms in total. The van der Waals surface area contributed by atoms with Crippen molar-refractivity contribution in [2.24, 2.45) is 0 Å². The van der Waals surface area contributed by atoms with Crippen LogP contribution in [0.5, 0.6) is 11.5 Å². The van der Waals surface area contributed by atoms with Crippen molar-refractivity contribution >= 4 is 11.7 Å². The van der Waals surface area contributed by atoms with Gasteiger partial charge in [-0.1, -0.05) is 12.1 Å². The van der Waals surface area contributed by atoms with Crippen LogP contribution in [0, 0.1) is 0 Å². The average molecular weight is 352 g/mol.